The average molecular weight is 183 g/mol. The molecule has 0 bridgehead atoms. The van der Waals surface area contributed by atoms with E-state index in [0.717, 1.165) is 0 Å². The highest BCUT2D eigenvalue weighted by Crippen LogP contribution is 2.09. The molecular formula is C10H7Si2. The van der Waals surface area contributed by atoms with E-state index in [1.54, 1.807) is 0 Å². The fraction of sp³-hybridized carbons (Fsp3) is 0. The highest BCUT2D eigenvalue weighted by Gasteiger charge is 1.96. The topological polar surface area (TPSA) is 0 Å². The maximum Gasteiger partial charge on any atom is 0.0612 e. The summed E-state index contributed by atoms with van der Waals surface area (Å²) in [6.07, 6.45) is 0. The second kappa shape index (κ2) is 3.25. The van der Waals surface area contributed by atoms with Crippen LogP contribution in [0.5, 0.6) is 0 Å². The van der Waals surface area contributed by atoms with Crippen LogP contribution in [-0.2, 0) is 0 Å². The van der Waals surface area contributed by atoms with Gasteiger partial charge in [0.25, 0.3) is 0 Å². The Balaban J connectivity index is 2.79. The van der Waals surface area contributed by atoms with Gasteiger partial charge in [-0.3, -0.25) is 0 Å². The highest BCUT2D eigenvalue weighted by molar-refractivity contribution is 6.98. The summed E-state index contributed by atoms with van der Waals surface area (Å²) in [5.74, 6) is 0. The molecule has 0 saturated carbocycles. The first-order valence-electron chi connectivity index (χ1n) is 3.82. The Morgan fingerprint density at radius 3 is 2.50 bits per heavy atom. The van der Waals surface area contributed by atoms with Gasteiger partial charge in [-0.05, 0) is 10.8 Å². The van der Waals surface area contributed by atoms with E-state index in [-0.39, 0.29) is 0 Å². The van der Waals surface area contributed by atoms with Crippen molar-refractivity contribution in [2.45, 2.75) is 0 Å². The van der Waals surface area contributed by atoms with Crippen LogP contribution in [0.4, 0.5) is 0 Å². The lowest BCUT2D eigenvalue weighted by molar-refractivity contribution is 1.78. The van der Waals surface area contributed by atoms with Crippen LogP contribution in [0, 0.1) is 0 Å². The molecule has 0 aliphatic rings. The van der Waals surface area contributed by atoms with Crippen LogP contribution >= 0.6 is 0 Å². The van der Waals surface area contributed by atoms with Gasteiger partial charge in [0.1, 0.15) is 0 Å². The SMILES string of the molecule is [Si][Si]c1cccc2ccccc12. The second-order valence-electron chi connectivity index (χ2n) is 2.65. The lowest BCUT2D eigenvalue weighted by Crippen LogP contribution is -2.14. The molecule has 0 unspecified atom stereocenters. The summed E-state index contributed by atoms with van der Waals surface area (Å²) in [5.41, 5.74) is 0. The third kappa shape index (κ3) is 1.23. The predicted molar refractivity (Wildman–Crippen MR) is 55.1 cm³/mol. The summed E-state index contributed by atoms with van der Waals surface area (Å²) in [4.78, 5) is 0. The van der Waals surface area contributed by atoms with Crippen molar-refractivity contribution in [2.75, 3.05) is 0 Å². The molecule has 5 radical (unpaired) electrons. The molecule has 2 rings (SSSR count). The molecule has 0 fully saturated rings. The number of fused-ring (bicyclic) bond motifs is 1. The third-order valence-electron chi connectivity index (χ3n) is 1.92. The maximum absolute atomic E-state index is 3.55. The Kier molecular flexibility index (Phi) is 2.10. The number of hydrogen-bond acceptors (Lipinski definition) is 0. The van der Waals surface area contributed by atoms with Crippen molar-refractivity contribution in [3.05, 3.63) is 42.5 Å². The Morgan fingerprint density at radius 1 is 0.917 bits per heavy atom. The molecule has 0 N–H and O–H groups in total. The van der Waals surface area contributed by atoms with E-state index in [4.69, 9.17) is 0 Å². The van der Waals surface area contributed by atoms with Crippen molar-refractivity contribution in [2.24, 2.45) is 0 Å². The normalized spacial score (nSPS) is 10.4. The molecular weight excluding hydrogens is 176 g/mol. The molecule has 0 aliphatic carbocycles. The summed E-state index contributed by atoms with van der Waals surface area (Å²) < 4.78 is 0. The van der Waals surface area contributed by atoms with Crippen molar-refractivity contribution in [3.8, 4) is 0 Å². The van der Waals surface area contributed by atoms with Crippen molar-refractivity contribution in [1.29, 1.82) is 0 Å². The van der Waals surface area contributed by atoms with E-state index >= 15 is 0 Å². The molecule has 0 atom stereocenters. The van der Waals surface area contributed by atoms with Gasteiger partial charge in [0.15, 0.2) is 0 Å². The number of benzene rings is 2. The van der Waals surface area contributed by atoms with Gasteiger partial charge in [0.2, 0.25) is 0 Å². The van der Waals surface area contributed by atoms with Gasteiger partial charge in [-0.1, -0.05) is 47.7 Å². The summed E-state index contributed by atoms with van der Waals surface area (Å²) in [6, 6.07) is 14.9. The maximum atomic E-state index is 3.55. The molecule has 12 heavy (non-hydrogen) atoms. The fourth-order valence-electron chi connectivity index (χ4n) is 1.33. The largest absolute Gasteiger partial charge is 0.0632 e. The summed E-state index contributed by atoms with van der Waals surface area (Å²) in [5, 5.41) is 4.05. The van der Waals surface area contributed by atoms with E-state index in [0.29, 0.717) is 9.04 Å². The Labute approximate surface area is 77.6 Å². The van der Waals surface area contributed by atoms with Crippen LogP contribution in [0.2, 0.25) is 0 Å². The average Bonchev–Trinajstić information content (AvgIpc) is 2.17. The van der Waals surface area contributed by atoms with Crippen LogP contribution in [0.3, 0.4) is 0 Å². The van der Waals surface area contributed by atoms with Crippen molar-refractivity contribution >= 4 is 34.8 Å². The monoisotopic (exact) mass is 183 g/mol. The molecule has 0 amide bonds. The van der Waals surface area contributed by atoms with Gasteiger partial charge in [0, 0.05) is 9.76 Å². The van der Waals surface area contributed by atoms with E-state index < -0.39 is 0 Å². The molecule has 2 aromatic carbocycles. The van der Waals surface area contributed by atoms with Crippen LogP contribution in [0.15, 0.2) is 42.5 Å². The van der Waals surface area contributed by atoms with Gasteiger partial charge >= 0.3 is 0 Å². The molecule has 2 heteroatoms. The minimum Gasteiger partial charge on any atom is -0.0632 e. The Hall–Kier alpha value is -0.866. The zero-order valence-electron chi connectivity index (χ0n) is 6.54. The van der Waals surface area contributed by atoms with E-state index in [9.17, 15) is 0 Å². The minimum absolute atomic E-state index is 0.689. The Bertz CT molecular complexity index is 390. The first-order chi connectivity index (χ1) is 5.92. The molecule has 0 spiro atoms. The third-order valence-corrected chi connectivity index (χ3v) is 3.44. The Morgan fingerprint density at radius 2 is 1.67 bits per heavy atom. The molecule has 55 valence electrons. The first-order valence-corrected chi connectivity index (χ1v) is 6.32. The smallest absolute Gasteiger partial charge is 0.0612 e. The van der Waals surface area contributed by atoms with Crippen LogP contribution < -0.4 is 5.19 Å². The lowest BCUT2D eigenvalue weighted by Gasteiger charge is -2.01. The minimum atomic E-state index is 0.689. The standard InChI is InChI=1S/C10H7Si2/c11-12-10-7-3-5-8-4-1-2-6-9(8)10/h1-7H. The van der Waals surface area contributed by atoms with Crippen LogP contribution in [-0.4, -0.2) is 18.8 Å². The number of rotatable bonds is 1. The highest BCUT2D eigenvalue weighted by atomic mass is 29.1. The van der Waals surface area contributed by atoms with Gasteiger partial charge in [-0.25, -0.2) is 0 Å². The molecule has 0 saturated heterocycles. The molecule has 0 nitrogen and oxygen atoms in total. The predicted octanol–water partition coefficient (Wildman–Crippen LogP) is 1.25. The van der Waals surface area contributed by atoms with Crippen LogP contribution in [0.1, 0.15) is 0 Å². The van der Waals surface area contributed by atoms with Gasteiger partial charge < -0.3 is 0 Å². The zero-order valence-corrected chi connectivity index (χ0v) is 8.54. The van der Waals surface area contributed by atoms with E-state index in [1.807, 2.05) is 0 Å². The number of hydrogen-bond donors (Lipinski definition) is 0. The van der Waals surface area contributed by atoms with Crippen molar-refractivity contribution in [3.63, 3.8) is 0 Å². The summed E-state index contributed by atoms with van der Waals surface area (Å²) in [6.45, 7) is 0. The van der Waals surface area contributed by atoms with Gasteiger partial charge in [-0.15, -0.1) is 0 Å². The quantitative estimate of drug-likeness (QED) is 0.584. The molecule has 2 aromatic rings. The second-order valence-corrected chi connectivity index (χ2v) is 4.19. The zero-order chi connectivity index (χ0) is 8.39. The fourth-order valence-corrected chi connectivity index (χ4v) is 2.53. The van der Waals surface area contributed by atoms with Crippen LogP contribution in [0.25, 0.3) is 10.8 Å². The van der Waals surface area contributed by atoms with E-state index in [2.05, 4.69) is 52.2 Å². The first kappa shape index (κ1) is 7.77. The summed E-state index contributed by atoms with van der Waals surface area (Å²) in [7, 11) is 4.24. The summed E-state index contributed by atoms with van der Waals surface area (Å²) >= 11 is 0. The molecule has 0 aliphatic heterocycles. The van der Waals surface area contributed by atoms with Gasteiger partial charge in [0.05, 0.1) is 9.04 Å². The van der Waals surface area contributed by atoms with Crippen molar-refractivity contribution in [1.82, 2.24) is 0 Å². The van der Waals surface area contributed by atoms with Gasteiger partial charge in [-0.2, -0.15) is 0 Å². The van der Waals surface area contributed by atoms with E-state index in [1.165, 1.54) is 16.0 Å². The molecule has 0 heterocycles. The molecule has 0 aromatic heterocycles. The lowest BCUT2D eigenvalue weighted by atomic mass is 10.1. The van der Waals surface area contributed by atoms with Crippen molar-refractivity contribution < 1.29 is 0 Å².